The van der Waals surface area contributed by atoms with E-state index in [2.05, 4.69) is 26.1 Å². The van der Waals surface area contributed by atoms with Gasteiger partial charge in [0.15, 0.2) is 0 Å². The number of carbonyl (C=O) groups excluding carboxylic acids is 2. The largest absolute Gasteiger partial charge is 0.497 e. The molecule has 35 heavy (non-hydrogen) atoms. The van der Waals surface area contributed by atoms with E-state index < -0.39 is 0 Å². The minimum atomic E-state index is -0.318. The zero-order valence-corrected chi connectivity index (χ0v) is 21.5. The molecule has 0 radical (unpaired) electrons. The van der Waals surface area contributed by atoms with Crippen molar-refractivity contribution in [1.29, 1.82) is 0 Å². The van der Waals surface area contributed by atoms with Gasteiger partial charge in [-0.3, -0.25) is 9.59 Å². The van der Waals surface area contributed by atoms with Crippen LogP contribution in [0.15, 0.2) is 48.5 Å². The molecule has 0 fully saturated rings. The fraction of sp³-hybridized carbons (Fsp3) is 0.370. The van der Waals surface area contributed by atoms with Crippen LogP contribution in [0.5, 0.6) is 11.5 Å². The van der Waals surface area contributed by atoms with Crippen LogP contribution in [0.25, 0.3) is 5.69 Å². The zero-order chi connectivity index (χ0) is 25.8. The van der Waals surface area contributed by atoms with Gasteiger partial charge in [-0.1, -0.05) is 38.5 Å². The van der Waals surface area contributed by atoms with Gasteiger partial charge in [0.05, 0.1) is 31.2 Å². The van der Waals surface area contributed by atoms with Crippen molar-refractivity contribution < 1.29 is 19.1 Å². The standard InChI is InChI=1S/C27H34N4O4/c1-8-30(26(33)21-14-13-20(34-6)15-22(21)35-7)17-25(32)28-24-16-23(27(3,4)5)29-31(24)19-11-9-18(2)10-12-19/h9-16H,8,17H2,1-7H3,(H,28,32). The number of aryl methyl sites for hydroxylation is 1. The second-order valence-electron chi connectivity index (χ2n) is 9.35. The Labute approximate surface area is 206 Å². The maximum Gasteiger partial charge on any atom is 0.258 e. The number of carbonyl (C=O) groups is 2. The summed E-state index contributed by atoms with van der Waals surface area (Å²) in [6.45, 7) is 10.3. The predicted octanol–water partition coefficient (Wildman–Crippen LogP) is 4.60. The smallest absolute Gasteiger partial charge is 0.258 e. The summed E-state index contributed by atoms with van der Waals surface area (Å²) in [6, 6.07) is 14.8. The van der Waals surface area contributed by atoms with Gasteiger partial charge in [0.2, 0.25) is 5.91 Å². The van der Waals surface area contributed by atoms with Crippen molar-refractivity contribution in [1.82, 2.24) is 14.7 Å². The summed E-state index contributed by atoms with van der Waals surface area (Å²) in [4.78, 5) is 27.7. The first kappa shape index (κ1) is 25.8. The van der Waals surface area contributed by atoms with Crippen molar-refractivity contribution in [2.75, 3.05) is 32.6 Å². The number of aromatic nitrogens is 2. The van der Waals surface area contributed by atoms with E-state index in [1.54, 1.807) is 30.0 Å². The lowest BCUT2D eigenvalue weighted by Crippen LogP contribution is -2.38. The molecule has 3 aromatic rings. The van der Waals surface area contributed by atoms with E-state index in [1.807, 2.05) is 44.2 Å². The lowest BCUT2D eigenvalue weighted by atomic mass is 9.92. The summed E-state index contributed by atoms with van der Waals surface area (Å²) in [5.41, 5.74) is 2.98. The molecule has 186 valence electrons. The number of likely N-dealkylation sites (N-methyl/N-ethyl adjacent to an activating group) is 1. The molecule has 8 nitrogen and oxygen atoms in total. The Morgan fingerprint density at radius 2 is 1.71 bits per heavy atom. The Balaban J connectivity index is 1.84. The number of hydrogen-bond donors (Lipinski definition) is 1. The SMILES string of the molecule is CCN(CC(=O)Nc1cc(C(C)(C)C)nn1-c1ccc(C)cc1)C(=O)c1ccc(OC)cc1OC. The van der Waals surface area contributed by atoms with Crippen LogP contribution in [0.4, 0.5) is 5.82 Å². The van der Waals surface area contributed by atoms with Crippen LogP contribution < -0.4 is 14.8 Å². The monoisotopic (exact) mass is 478 g/mol. The van der Waals surface area contributed by atoms with Crippen molar-refractivity contribution in [3.05, 3.63) is 65.4 Å². The number of nitrogens with zero attached hydrogens (tertiary/aromatic N) is 3. The summed E-state index contributed by atoms with van der Waals surface area (Å²) < 4.78 is 12.3. The molecule has 1 heterocycles. The molecule has 0 spiro atoms. The molecule has 1 N–H and O–H groups in total. The van der Waals surface area contributed by atoms with Gasteiger partial charge in [0.1, 0.15) is 23.9 Å². The highest BCUT2D eigenvalue weighted by Crippen LogP contribution is 2.27. The Bertz CT molecular complexity index is 1190. The number of benzene rings is 2. The highest BCUT2D eigenvalue weighted by molar-refractivity contribution is 6.01. The number of amides is 2. The second kappa shape index (κ2) is 10.6. The predicted molar refractivity (Wildman–Crippen MR) is 137 cm³/mol. The summed E-state index contributed by atoms with van der Waals surface area (Å²) in [5.74, 6) is 0.902. The summed E-state index contributed by atoms with van der Waals surface area (Å²) >= 11 is 0. The quantitative estimate of drug-likeness (QED) is 0.512. The average molecular weight is 479 g/mol. The molecule has 0 atom stereocenters. The zero-order valence-electron chi connectivity index (χ0n) is 21.5. The molecule has 0 aliphatic heterocycles. The van der Waals surface area contributed by atoms with Crippen LogP contribution in [0.3, 0.4) is 0 Å². The number of rotatable bonds is 8. The Hall–Kier alpha value is -3.81. The molecular formula is C27H34N4O4. The third-order valence-electron chi connectivity index (χ3n) is 5.67. The number of methoxy groups -OCH3 is 2. The number of nitrogens with one attached hydrogen (secondary N) is 1. The van der Waals surface area contributed by atoms with E-state index >= 15 is 0 Å². The molecule has 0 aliphatic rings. The summed E-state index contributed by atoms with van der Waals surface area (Å²) in [5, 5.41) is 7.70. The molecule has 1 aromatic heterocycles. The van der Waals surface area contributed by atoms with Gasteiger partial charge in [-0.15, -0.1) is 0 Å². The van der Waals surface area contributed by atoms with E-state index in [0.717, 1.165) is 16.9 Å². The second-order valence-corrected chi connectivity index (χ2v) is 9.35. The highest BCUT2D eigenvalue weighted by Gasteiger charge is 2.24. The molecule has 0 saturated heterocycles. The van der Waals surface area contributed by atoms with E-state index in [1.165, 1.54) is 12.0 Å². The van der Waals surface area contributed by atoms with E-state index in [9.17, 15) is 9.59 Å². The first-order chi connectivity index (χ1) is 16.6. The van der Waals surface area contributed by atoms with Crippen molar-refractivity contribution in [2.45, 2.75) is 40.0 Å². The van der Waals surface area contributed by atoms with E-state index in [4.69, 9.17) is 14.6 Å². The van der Waals surface area contributed by atoms with Crippen LogP contribution in [-0.4, -0.2) is 53.8 Å². The Morgan fingerprint density at radius 3 is 2.29 bits per heavy atom. The fourth-order valence-electron chi connectivity index (χ4n) is 3.55. The molecule has 0 bridgehead atoms. The van der Waals surface area contributed by atoms with Gasteiger partial charge < -0.3 is 19.7 Å². The highest BCUT2D eigenvalue weighted by atomic mass is 16.5. The minimum absolute atomic E-state index is 0.117. The fourth-order valence-corrected chi connectivity index (χ4v) is 3.55. The van der Waals surface area contributed by atoms with E-state index in [-0.39, 0.29) is 23.8 Å². The van der Waals surface area contributed by atoms with Crippen LogP contribution in [0, 0.1) is 6.92 Å². The molecule has 2 amide bonds. The first-order valence-electron chi connectivity index (χ1n) is 11.6. The lowest BCUT2D eigenvalue weighted by molar-refractivity contribution is -0.116. The maximum atomic E-state index is 13.2. The normalized spacial score (nSPS) is 11.2. The van der Waals surface area contributed by atoms with Crippen LogP contribution >= 0.6 is 0 Å². The van der Waals surface area contributed by atoms with Gasteiger partial charge in [-0.2, -0.15) is 5.10 Å². The summed E-state index contributed by atoms with van der Waals surface area (Å²) in [6.07, 6.45) is 0. The van der Waals surface area contributed by atoms with Gasteiger partial charge >= 0.3 is 0 Å². The third-order valence-corrected chi connectivity index (χ3v) is 5.67. The average Bonchev–Trinajstić information content (AvgIpc) is 3.26. The Morgan fingerprint density at radius 1 is 1.03 bits per heavy atom. The number of hydrogen-bond acceptors (Lipinski definition) is 5. The maximum absolute atomic E-state index is 13.2. The molecule has 0 unspecified atom stereocenters. The van der Waals surface area contributed by atoms with Crippen molar-refractivity contribution in [3.8, 4) is 17.2 Å². The molecule has 0 saturated carbocycles. The molecular weight excluding hydrogens is 444 g/mol. The molecule has 8 heteroatoms. The Kier molecular flexibility index (Phi) is 7.84. The first-order valence-corrected chi connectivity index (χ1v) is 11.6. The van der Waals surface area contributed by atoms with Crippen molar-refractivity contribution in [3.63, 3.8) is 0 Å². The van der Waals surface area contributed by atoms with E-state index in [0.29, 0.717) is 29.4 Å². The number of anilines is 1. The van der Waals surface area contributed by atoms with Crippen LogP contribution in [0.2, 0.25) is 0 Å². The third kappa shape index (κ3) is 6.01. The molecule has 2 aromatic carbocycles. The van der Waals surface area contributed by atoms with Gasteiger partial charge in [-0.05, 0) is 38.1 Å². The van der Waals surface area contributed by atoms with Gasteiger partial charge in [0, 0.05) is 24.1 Å². The summed E-state index contributed by atoms with van der Waals surface area (Å²) in [7, 11) is 3.04. The molecule has 3 rings (SSSR count). The molecule has 0 aliphatic carbocycles. The minimum Gasteiger partial charge on any atom is -0.497 e. The number of ether oxygens (including phenoxy) is 2. The van der Waals surface area contributed by atoms with Crippen LogP contribution in [-0.2, 0) is 10.2 Å². The lowest BCUT2D eigenvalue weighted by Gasteiger charge is -2.22. The van der Waals surface area contributed by atoms with Crippen molar-refractivity contribution in [2.24, 2.45) is 0 Å². The topological polar surface area (TPSA) is 85.7 Å². The van der Waals surface area contributed by atoms with Crippen molar-refractivity contribution >= 4 is 17.6 Å². The van der Waals surface area contributed by atoms with Crippen LogP contribution in [0.1, 0.15) is 49.3 Å². The van der Waals surface area contributed by atoms with Gasteiger partial charge in [0.25, 0.3) is 5.91 Å². The van der Waals surface area contributed by atoms with Gasteiger partial charge in [-0.25, -0.2) is 4.68 Å².